The lowest BCUT2D eigenvalue weighted by Gasteiger charge is -2.18. The summed E-state index contributed by atoms with van der Waals surface area (Å²) >= 11 is 0. The summed E-state index contributed by atoms with van der Waals surface area (Å²) in [5, 5.41) is 16.2. The van der Waals surface area contributed by atoms with Crippen molar-refractivity contribution in [3.05, 3.63) is 30.1 Å². The smallest absolute Gasteiger partial charge is 0.246 e. The maximum Gasteiger partial charge on any atom is 0.246 e. The normalized spacial score (nSPS) is 11.1. The summed E-state index contributed by atoms with van der Waals surface area (Å²) in [6.45, 7) is 7.41. The second-order valence-electron chi connectivity index (χ2n) is 6.29. The van der Waals surface area contributed by atoms with Gasteiger partial charge >= 0.3 is 0 Å². The van der Waals surface area contributed by atoms with E-state index in [2.05, 4.69) is 26.2 Å². The van der Waals surface area contributed by atoms with E-state index in [1.54, 1.807) is 12.1 Å². The van der Waals surface area contributed by atoms with E-state index in [-0.39, 0.29) is 18.4 Å². The molecule has 0 radical (unpaired) electrons. The first kappa shape index (κ1) is 16.6. The molecule has 0 aliphatic carbocycles. The van der Waals surface area contributed by atoms with Gasteiger partial charge in [0.15, 0.2) is 0 Å². The first-order chi connectivity index (χ1) is 10.8. The number of benzene rings is 1. The number of tetrazole rings is 1. The molecule has 2 rings (SSSR count). The van der Waals surface area contributed by atoms with Gasteiger partial charge in [0.25, 0.3) is 0 Å². The number of anilines is 2. The highest BCUT2D eigenvalue weighted by atomic mass is 16.2. The van der Waals surface area contributed by atoms with Crippen LogP contribution < -0.4 is 10.6 Å². The van der Waals surface area contributed by atoms with E-state index in [1.807, 2.05) is 33.8 Å². The van der Waals surface area contributed by atoms with Crippen LogP contribution >= 0.6 is 0 Å². The molecule has 2 amide bonds. The largest absolute Gasteiger partial charge is 0.326 e. The number of nitrogens with one attached hydrogen (secondary N) is 2. The Hall–Kier alpha value is -2.77. The molecule has 0 unspecified atom stereocenters. The van der Waals surface area contributed by atoms with Crippen molar-refractivity contribution in [1.82, 2.24) is 20.2 Å². The summed E-state index contributed by atoms with van der Waals surface area (Å²) < 4.78 is 1.33. The van der Waals surface area contributed by atoms with Crippen molar-refractivity contribution in [3.63, 3.8) is 0 Å². The summed E-state index contributed by atoms with van der Waals surface area (Å²) in [6, 6.07) is 5.37. The maximum absolute atomic E-state index is 12.0. The van der Waals surface area contributed by atoms with Crippen molar-refractivity contribution in [1.29, 1.82) is 0 Å². The number of rotatable bonds is 4. The molecule has 0 saturated heterocycles. The number of nitrogens with zero attached hydrogens (tertiary/aromatic N) is 4. The molecule has 1 heterocycles. The van der Waals surface area contributed by atoms with Gasteiger partial charge in [0.2, 0.25) is 11.8 Å². The Morgan fingerprint density at radius 2 is 1.96 bits per heavy atom. The Kier molecular flexibility index (Phi) is 4.73. The van der Waals surface area contributed by atoms with Crippen LogP contribution in [0.15, 0.2) is 24.5 Å². The van der Waals surface area contributed by atoms with Gasteiger partial charge in [0.05, 0.1) is 0 Å². The first-order valence-electron chi connectivity index (χ1n) is 7.18. The van der Waals surface area contributed by atoms with Gasteiger partial charge in [-0.25, -0.2) is 4.68 Å². The lowest BCUT2D eigenvalue weighted by atomic mass is 9.95. The molecule has 2 aromatic rings. The SMILES string of the molecule is Cc1ccc(NC(=O)C(C)(C)C)cc1NC(=O)Cn1cnnn1. The van der Waals surface area contributed by atoms with Crippen molar-refractivity contribution < 1.29 is 9.59 Å². The Morgan fingerprint density at radius 3 is 2.57 bits per heavy atom. The predicted molar refractivity (Wildman–Crippen MR) is 85.7 cm³/mol. The van der Waals surface area contributed by atoms with Crippen LogP contribution in [0.25, 0.3) is 0 Å². The Morgan fingerprint density at radius 1 is 1.22 bits per heavy atom. The molecule has 23 heavy (non-hydrogen) atoms. The second-order valence-corrected chi connectivity index (χ2v) is 6.29. The van der Waals surface area contributed by atoms with Crippen molar-refractivity contribution >= 4 is 23.2 Å². The van der Waals surface area contributed by atoms with Crippen LogP contribution in [-0.2, 0) is 16.1 Å². The summed E-state index contributed by atoms with van der Waals surface area (Å²) in [7, 11) is 0. The average molecular weight is 316 g/mol. The van der Waals surface area contributed by atoms with Gasteiger partial charge in [-0.3, -0.25) is 9.59 Å². The molecule has 0 bridgehead atoms. The van der Waals surface area contributed by atoms with Crippen molar-refractivity contribution in [2.24, 2.45) is 5.41 Å². The standard InChI is InChI=1S/C15H20N6O2/c1-10-5-6-11(17-14(23)15(2,3)4)7-12(10)18-13(22)8-21-9-16-19-20-21/h5-7,9H,8H2,1-4H3,(H,17,23)(H,18,22). The number of aryl methyl sites for hydroxylation is 1. The molecule has 2 N–H and O–H groups in total. The minimum Gasteiger partial charge on any atom is -0.326 e. The fraction of sp³-hybridized carbons (Fsp3) is 0.400. The van der Waals surface area contributed by atoms with Gasteiger partial charge < -0.3 is 10.6 Å². The predicted octanol–water partition coefficient (Wildman–Crippen LogP) is 1.60. The maximum atomic E-state index is 12.0. The zero-order valence-electron chi connectivity index (χ0n) is 13.6. The fourth-order valence-electron chi connectivity index (χ4n) is 1.74. The topological polar surface area (TPSA) is 102 Å². The van der Waals surface area contributed by atoms with Crippen LogP contribution in [0.1, 0.15) is 26.3 Å². The first-order valence-corrected chi connectivity index (χ1v) is 7.18. The highest BCUT2D eigenvalue weighted by Crippen LogP contribution is 2.23. The van der Waals surface area contributed by atoms with Gasteiger partial charge in [-0.15, -0.1) is 5.10 Å². The minimum absolute atomic E-state index is 0.0189. The molecule has 0 spiro atoms. The van der Waals surface area contributed by atoms with Gasteiger partial charge in [-0.1, -0.05) is 26.8 Å². The van der Waals surface area contributed by atoms with Crippen LogP contribution in [0.5, 0.6) is 0 Å². The summed E-state index contributed by atoms with van der Waals surface area (Å²) in [5.74, 6) is -0.341. The third-order valence-corrected chi connectivity index (χ3v) is 3.15. The van der Waals surface area contributed by atoms with Crippen LogP contribution in [0.4, 0.5) is 11.4 Å². The quantitative estimate of drug-likeness (QED) is 0.892. The van der Waals surface area contributed by atoms with Crippen LogP contribution in [-0.4, -0.2) is 32.0 Å². The molecule has 1 aromatic heterocycles. The van der Waals surface area contributed by atoms with Gasteiger partial charge in [0, 0.05) is 16.8 Å². The van der Waals surface area contributed by atoms with E-state index >= 15 is 0 Å². The van der Waals surface area contributed by atoms with Crippen molar-refractivity contribution in [2.75, 3.05) is 10.6 Å². The Bertz CT molecular complexity index is 703. The molecule has 0 atom stereocenters. The third kappa shape index (κ3) is 4.60. The van der Waals surface area contributed by atoms with E-state index in [0.717, 1.165) is 5.56 Å². The van der Waals surface area contributed by atoms with E-state index < -0.39 is 5.41 Å². The lowest BCUT2D eigenvalue weighted by Crippen LogP contribution is -2.27. The molecule has 8 nitrogen and oxygen atoms in total. The van der Waals surface area contributed by atoms with Gasteiger partial charge in [-0.05, 0) is 35.0 Å². The number of amides is 2. The minimum atomic E-state index is -0.492. The van der Waals surface area contributed by atoms with Crippen LogP contribution in [0.3, 0.4) is 0 Å². The molecular weight excluding hydrogens is 296 g/mol. The summed E-state index contributed by atoms with van der Waals surface area (Å²) in [6.07, 6.45) is 1.37. The molecular formula is C15H20N6O2. The number of hydrogen-bond donors (Lipinski definition) is 2. The van der Waals surface area contributed by atoms with E-state index in [9.17, 15) is 9.59 Å². The molecule has 0 fully saturated rings. The highest BCUT2D eigenvalue weighted by molar-refractivity contribution is 5.96. The van der Waals surface area contributed by atoms with E-state index in [0.29, 0.717) is 11.4 Å². The molecule has 0 saturated carbocycles. The summed E-state index contributed by atoms with van der Waals surface area (Å²) in [4.78, 5) is 24.1. The van der Waals surface area contributed by atoms with Crippen molar-refractivity contribution in [3.8, 4) is 0 Å². The fourth-order valence-corrected chi connectivity index (χ4v) is 1.74. The lowest BCUT2D eigenvalue weighted by molar-refractivity contribution is -0.123. The monoisotopic (exact) mass is 316 g/mol. The zero-order chi connectivity index (χ0) is 17.0. The second kappa shape index (κ2) is 6.55. The van der Waals surface area contributed by atoms with Gasteiger partial charge in [0.1, 0.15) is 12.9 Å². The molecule has 1 aromatic carbocycles. The number of hydrogen-bond acceptors (Lipinski definition) is 5. The van der Waals surface area contributed by atoms with E-state index in [4.69, 9.17) is 0 Å². The molecule has 122 valence electrons. The van der Waals surface area contributed by atoms with E-state index in [1.165, 1.54) is 11.0 Å². The molecule has 0 aliphatic rings. The van der Waals surface area contributed by atoms with Crippen LogP contribution in [0.2, 0.25) is 0 Å². The summed E-state index contributed by atoms with van der Waals surface area (Å²) in [5.41, 5.74) is 1.67. The van der Waals surface area contributed by atoms with Crippen molar-refractivity contribution in [2.45, 2.75) is 34.2 Å². The molecule has 8 heteroatoms. The Labute approximate surface area is 134 Å². The van der Waals surface area contributed by atoms with Crippen LogP contribution in [0, 0.1) is 12.3 Å². The molecule has 0 aliphatic heterocycles. The average Bonchev–Trinajstić information content (AvgIpc) is 2.94. The zero-order valence-corrected chi connectivity index (χ0v) is 13.6. The number of aromatic nitrogens is 4. The van der Waals surface area contributed by atoms with Gasteiger partial charge in [-0.2, -0.15) is 0 Å². The number of carbonyl (C=O) groups is 2. The highest BCUT2D eigenvalue weighted by Gasteiger charge is 2.21. The third-order valence-electron chi connectivity index (χ3n) is 3.15. The Balaban J connectivity index is 2.08. The number of carbonyl (C=O) groups excluding carboxylic acids is 2.